The molecule has 1 aromatic carbocycles. The fourth-order valence-corrected chi connectivity index (χ4v) is 2.42. The molecule has 3 nitrogen and oxygen atoms in total. The zero-order chi connectivity index (χ0) is 15.3. The molecule has 1 N–H and O–H groups in total. The van der Waals surface area contributed by atoms with Crippen molar-refractivity contribution in [3.05, 3.63) is 42.1 Å². The van der Waals surface area contributed by atoms with Crippen LogP contribution in [0, 0.1) is 5.41 Å². The molecule has 21 heavy (non-hydrogen) atoms. The molecule has 1 heterocycles. The molecule has 0 radical (unpaired) electrons. The third-order valence-corrected chi connectivity index (χ3v) is 3.38. The van der Waals surface area contributed by atoms with E-state index in [4.69, 9.17) is 0 Å². The Morgan fingerprint density at radius 2 is 1.95 bits per heavy atom. The van der Waals surface area contributed by atoms with E-state index in [0.29, 0.717) is 6.42 Å². The third-order valence-electron chi connectivity index (χ3n) is 3.38. The second-order valence-corrected chi connectivity index (χ2v) is 6.68. The highest BCUT2D eigenvalue weighted by Crippen LogP contribution is 2.18. The lowest BCUT2D eigenvalue weighted by Gasteiger charge is -2.17. The van der Waals surface area contributed by atoms with Crippen LogP contribution in [0.1, 0.15) is 39.2 Å². The normalized spacial score (nSPS) is 11.6. The van der Waals surface area contributed by atoms with Crippen molar-refractivity contribution >= 4 is 16.8 Å². The van der Waals surface area contributed by atoms with Crippen LogP contribution in [0.3, 0.4) is 0 Å². The van der Waals surface area contributed by atoms with Gasteiger partial charge in [-0.3, -0.25) is 9.78 Å². The molecule has 1 aromatic heterocycles. The maximum Gasteiger partial charge on any atom is 0.220 e. The lowest BCUT2D eigenvalue weighted by Crippen LogP contribution is -2.28. The predicted octanol–water partition coefficient (Wildman–Crippen LogP) is 3.72. The first-order valence-corrected chi connectivity index (χ1v) is 7.55. The summed E-state index contributed by atoms with van der Waals surface area (Å²) in [6, 6.07) is 10.3. The van der Waals surface area contributed by atoms with Crippen molar-refractivity contribution in [2.45, 2.75) is 40.0 Å². The van der Waals surface area contributed by atoms with Gasteiger partial charge in [-0.25, -0.2) is 0 Å². The summed E-state index contributed by atoms with van der Waals surface area (Å²) in [4.78, 5) is 16.1. The van der Waals surface area contributed by atoms with E-state index >= 15 is 0 Å². The third kappa shape index (κ3) is 4.85. The minimum atomic E-state index is 0.0470. The van der Waals surface area contributed by atoms with Gasteiger partial charge in [0, 0.05) is 24.5 Å². The molecule has 2 rings (SSSR count). The van der Waals surface area contributed by atoms with Crippen LogP contribution in [0.5, 0.6) is 0 Å². The average molecular weight is 284 g/mol. The summed E-state index contributed by atoms with van der Waals surface area (Å²) < 4.78 is 0. The molecule has 0 bridgehead atoms. The van der Waals surface area contributed by atoms with E-state index < -0.39 is 0 Å². The molecule has 0 aliphatic carbocycles. The van der Waals surface area contributed by atoms with E-state index in [9.17, 15) is 4.79 Å². The van der Waals surface area contributed by atoms with Gasteiger partial charge in [0.15, 0.2) is 0 Å². The summed E-state index contributed by atoms with van der Waals surface area (Å²) in [5.41, 5.74) is 2.38. The fraction of sp³-hybridized carbons (Fsp3) is 0.444. The van der Waals surface area contributed by atoms with E-state index in [1.54, 1.807) is 0 Å². The summed E-state index contributed by atoms with van der Waals surface area (Å²) in [5, 5.41) is 4.21. The van der Waals surface area contributed by atoms with Gasteiger partial charge >= 0.3 is 0 Å². The Morgan fingerprint density at radius 1 is 1.19 bits per heavy atom. The molecule has 0 unspecified atom stereocenters. The minimum absolute atomic E-state index is 0.0470. The molecule has 0 saturated heterocycles. The van der Waals surface area contributed by atoms with Crippen LogP contribution in [-0.2, 0) is 11.2 Å². The SMILES string of the molecule is CC(C)(C)CC(=O)NCCCc1ccnc2ccccc12. The van der Waals surface area contributed by atoms with Crippen molar-refractivity contribution in [1.29, 1.82) is 0 Å². The summed E-state index contributed by atoms with van der Waals surface area (Å²) >= 11 is 0. The van der Waals surface area contributed by atoms with E-state index in [1.165, 1.54) is 10.9 Å². The second kappa shape index (κ2) is 6.70. The van der Waals surface area contributed by atoms with Crippen LogP contribution in [0.25, 0.3) is 10.9 Å². The number of hydrogen-bond acceptors (Lipinski definition) is 2. The zero-order valence-corrected chi connectivity index (χ0v) is 13.1. The standard InChI is InChI=1S/C18H24N2O/c1-18(2,3)13-17(21)20-11-6-7-14-10-12-19-16-9-5-4-8-15(14)16/h4-5,8-10,12H,6-7,11,13H2,1-3H3,(H,20,21). The van der Waals surface area contributed by atoms with Crippen LogP contribution in [-0.4, -0.2) is 17.4 Å². The van der Waals surface area contributed by atoms with E-state index in [0.717, 1.165) is 24.9 Å². The Kier molecular flexibility index (Phi) is 4.94. The first kappa shape index (κ1) is 15.5. The average Bonchev–Trinajstić information content (AvgIpc) is 2.42. The quantitative estimate of drug-likeness (QED) is 0.850. The number of aromatic nitrogens is 1. The maximum absolute atomic E-state index is 11.8. The van der Waals surface area contributed by atoms with Crippen LogP contribution < -0.4 is 5.32 Å². The highest BCUT2D eigenvalue weighted by Gasteiger charge is 2.15. The smallest absolute Gasteiger partial charge is 0.220 e. The number of carbonyl (C=O) groups excluding carboxylic acids is 1. The minimum Gasteiger partial charge on any atom is -0.356 e. The number of para-hydroxylation sites is 1. The number of amides is 1. The zero-order valence-electron chi connectivity index (χ0n) is 13.1. The number of benzene rings is 1. The van der Waals surface area contributed by atoms with Gasteiger partial charge in [0.05, 0.1) is 5.52 Å². The first-order chi connectivity index (χ1) is 9.96. The number of fused-ring (bicyclic) bond motifs is 1. The monoisotopic (exact) mass is 284 g/mol. The molecule has 0 saturated carbocycles. The van der Waals surface area contributed by atoms with Crippen LogP contribution in [0.4, 0.5) is 0 Å². The molecule has 112 valence electrons. The lowest BCUT2D eigenvalue weighted by atomic mass is 9.92. The van der Waals surface area contributed by atoms with Gasteiger partial charge in [-0.05, 0) is 36.0 Å². The van der Waals surface area contributed by atoms with Crippen LogP contribution in [0.15, 0.2) is 36.5 Å². The number of nitrogens with one attached hydrogen (secondary N) is 1. The van der Waals surface area contributed by atoms with Crippen LogP contribution in [0.2, 0.25) is 0 Å². The van der Waals surface area contributed by atoms with Crippen molar-refractivity contribution in [2.24, 2.45) is 5.41 Å². The lowest BCUT2D eigenvalue weighted by molar-refractivity contribution is -0.122. The molecule has 0 fully saturated rings. The summed E-state index contributed by atoms with van der Waals surface area (Å²) in [7, 11) is 0. The molecule has 2 aromatic rings. The molecular formula is C18H24N2O. The van der Waals surface area contributed by atoms with Crippen molar-refractivity contribution in [2.75, 3.05) is 6.54 Å². The molecular weight excluding hydrogens is 260 g/mol. The molecule has 0 atom stereocenters. The Morgan fingerprint density at radius 3 is 2.71 bits per heavy atom. The fourth-order valence-electron chi connectivity index (χ4n) is 2.42. The summed E-state index contributed by atoms with van der Waals surface area (Å²) in [5.74, 6) is 0.141. The van der Waals surface area contributed by atoms with Crippen molar-refractivity contribution < 1.29 is 4.79 Å². The molecule has 1 amide bonds. The van der Waals surface area contributed by atoms with Gasteiger partial charge in [0.1, 0.15) is 0 Å². The van der Waals surface area contributed by atoms with E-state index in [2.05, 4.69) is 43.2 Å². The van der Waals surface area contributed by atoms with Gasteiger partial charge in [-0.2, -0.15) is 0 Å². The summed E-state index contributed by atoms with van der Waals surface area (Å²) in [6.45, 7) is 6.96. The molecule has 0 aliphatic rings. The Balaban J connectivity index is 1.84. The van der Waals surface area contributed by atoms with Gasteiger partial charge in [0.25, 0.3) is 0 Å². The first-order valence-electron chi connectivity index (χ1n) is 7.55. The van der Waals surface area contributed by atoms with Crippen molar-refractivity contribution in [3.63, 3.8) is 0 Å². The Hall–Kier alpha value is -1.90. The van der Waals surface area contributed by atoms with Crippen molar-refractivity contribution in [3.8, 4) is 0 Å². The summed E-state index contributed by atoms with van der Waals surface area (Å²) in [6.07, 6.45) is 4.34. The number of nitrogens with zero attached hydrogens (tertiary/aromatic N) is 1. The van der Waals surface area contributed by atoms with Gasteiger partial charge < -0.3 is 5.32 Å². The Bertz CT molecular complexity index is 609. The van der Waals surface area contributed by atoms with Gasteiger partial charge in [-0.1, -0.05) is 39.0 Å². The predicted molar refractivity (Wildman–Crippen MR) is 87.1 cm³/mol. The highest BCUT2D eigenvalue weighted by molar-refractivity contribution is 5.81. The molecule has 0 spiro atoms. The van der Waals surface area contributed by atoms with E-state index in [-0.39, 0.29) is 11.3 Å². The van der Waals surface area contributed by atoms with Gasteiger partial charge in [0.2, 0.25) is 5.91 Å². The number of carbonyl (C=O) groups is 1. The van der Waals surface area contributed by atoms with Crippen LogP contribution >= 0.6 is 0 Å². The van der Waals surface area contributed by atoms with Crippen molar-refractivity contribution in [1.82, 2.24) is 10.3 Å². The van der Waals surface area contributed by atoms with Gasteiger partial charge in [-0.15, -0.1) is 0 Å². The second-order valence-electron chi connectivity index (χ2n) is 6.68. The number of aryl methyl sites for hydroxylation is 1. The largest absolute Gasteiger partial charge is 0.356 e. The number of pyridine rings is 1. The molecule has 3 heteroatoms. The maximum atomic E-state index is 11.8. The van der Waals surface area contributed by atoms with E-state index in [1.807, 2.05) is 24.4 Å². The number of hydrogen-bond donors (Lipinski definition) is 1. The number of rotatable bonds is 5. The Labute approximate surface area is 126 Å². The topological polar surface area (TPSA) is 42.0 Å². The highest BCUT2D eigenvalue weighted by atomic mass is 16.1. The molecule has 0 aliphatic heterocycles.